The molecule has 5 heteroatoms. The fourth-order valence-corrected chi connectivity index (χ4v) is 3.26. The van der Waals surface area contributed by atoms with Crippen molar-refractivity contribution in [3.8, 4) is 0 Å². The molecule has 0 aliphatic heterocycles. The van der Waals surface area contributed by atoms with Crippen molar-refractivity contribution in [3.05, 3.63) is 52.0 Å². The SMILES string of the molecule is CCc1cnc(CNC(=NC)NCCCCCc2ccccc2)s1. The van der Waals surface area contributed by atoms with Crippen molar-refractivity contribution < 1.29 is 0 Å². The molecule has 0 saturated heterocycles. The smallest absolute Gasteiger partial charge is 0.191 e. The fraction of sp³-hybridized carbons (Fsp3) is 0.474. The van der Waals surface area contributed by atoms with Crippen LogP contribution in [0.2, 0.25) is 0 Å². The number of aromatic nitrogens is 1. The Labute approximate surface area is 149 Å². The normalized spacial score (nSPS) is 11.5. The third-order valence-electron chi connectivity index (χ3n) is 3.86. The quantitative estimate of drug-likeness (QED) is 0.413. The van der Waals surface area contributed by atoms with Gasteiger partial charge in [0.2, 0.25) is 0 Å². The first-order valence-electron chi connectivity index (χ1n) is 8.74. The molecule has 24 heavy (non-hydrogen) atoms. The van der Waals surface area contributed by atoms with Gasteiger partial charge >= 0.3 is 0 Å². The van der Waals surface area contributed by atoms with Crippen LogP contribution in [0.15, 0.2) is 41.5 Å². The molecule has 0 unspecified atom stereocenters. The van der Waals surface area contributed by atoms with Crippen LogP contribution in [0.3, 0.4) is 0 Å². The first-order chi connectivity index (χ1) is 11.8. The number of hydrogen-bond acceptors (Lipinski definition) is 3. The highest BCUT2D eigenvalue weighted by atomic mass is 32.1. The molecular weight excluding hydrogens is 316 g/mol. The second kappa shape index (κ2) is 10.8. The van der Waals surface area contributed by atoms with Crippen molar-refractivity contribution in [2.75, 3.05) is 13.6 Å². The Morgan fingerprint density at radius 1 is 1.12 bits per heavy atom. The maximum atomic E-state index is 4.42. The number of nitrogens with zero attached hydrogens (tertiary/aromatic N) is 2. The van der Waals surface area contributed by atoms with Gasteiger partial charge in [-0.15, -0.1) is 11.3 Å². The highest BCUT2D eigenvalue weighted by molar-refractivity contribution is 7.11. The fourth-order valence-electron chi connectivity index (χ4n) is 2.46. The van der Waals surface area contributed by atoms with Gasteiger partial charge in [0.25, 0.3) is 0 Å². The highest BCUT2D eigenvalue weighted by Crippen LogP contribution is 2.12. The van der Waals surface area contributed by atoms with E-state index in [9.17, 15) is 0 Å². The van der Waals surface area contributed by atoms with Gasteiger partial charge in [-0.2, -0.15) is 0 Å². The van der Waals surface area contributed by atoms with Crippen LogP contribution in [-0.2, 0) is 19.4 Å². The van der Waals surface area contributed by atoms with Crippen molar-refractivity contribution in [1.29, 1.82) is 0 Å². The number of nitrogens with one attached hydrogen (secondary N) is 2. The van der Waals surface area contributed by atoms with E-state index in [2.05, 4.69) is 57.9 Å². The first kappa shape index (κ1) is 18.5. The van der Waals surface area contributed by atoms with E-state index in [0.29, 0.717) is 0 Å². The van der Waals surface area contributed by atoms with Crippen LogP contribution in [-0.4, -0.2) is 24.5 Å². The maximum Gasteiger partial charge on any atom is 0.191 e. The van der Waals surface area contributed by atoms with Gasteiger partial charge in [0.05, 0.1) is 6.54 Å². The molecule has 1 aromatic heterocycles. The molecule has 2 rings (SSSR count). The second-order valence-corrected chi connectivity index (χ2v) is 6.92. The van der Waals surface area contributed by atoms with Crippen LogP contribution >= 0.6 is 11.3 Å². The molecule has 0 bridgehead atoms. The number of unbranched alkanes of at least 4 members (excludes halogenated alkanes) is 2. The van der Waals surface area contributed by atoms with E-state index in [1.807, 2.05) is 13.2 Å². The monoisotopic (exact) mass is 344 g/mol. The summed E-state index contributed by atoms with van der Waals surface area (Å²) < 4.78 is 0. The molecule has 130 valence electrons. The van der Waals surface area contributed by atoms with E-state index in [1.54, 1.807) is 11.3 Å². The standard InChI is InChI=1S/C19H28N4S/c1-3-17-14-22-18(24-17)15-23-19(20-2)21-13-9-5-8-12-16-10-6-4-7-11-16/h4,6-7,10-11,14H,3,5,8-9,12-13,15H2,1-2H3,(H2,20,21,23). The lowest BCUT2D eigenvalue weighted by Crippen LogP contribution is -2.37. The van der Waals surface area contributed by atoms with Gasteiger partial charge in [0, 0.05) is 24.7 Å². The Morgan fingerprint density at radius 2 is 1.96 bits per heavy atom. The zero-order valence-electron chi connectivity index (χ0n) is 14.7. The summed E-state index contributed by atoms with van der Waals surface area (Å²) in [5.74, 6) is 0.853. The van der Waals surface area contributed by atoms with Gasteiger partial charge < -0.3 is 10.6 Å². The summed E-state index contributed by atoms with van der Waals surface area (Å²) >= 11 is 1.76. The molecule has 1 heterocycles. The lowest BCUT2D eigenvalue weighted by atomic mass is 10.1. The summed E-state index contributed by atoms with van der Waals surface area (Å²) in [5, 5.41) is 7.81. The summed E-state index contributed by atoms with van der Waals surface area (Å²) in [4.78, 5) is 10.0. The zero-order chi connectivity index (χ0) is 17.0. The zero-order valence-corrected chi connectivity index (χ0v) is 15.5. The molecule has 0 fully saturated rings. The number of aliphatic imine (C=N–C) groups is 1. The van der Waals surface area contributed by atoms with Crippen molar-refractivity contribution in [3.63, 3.8) is 0 Å². The summed E-state index contributed by atoms with van der Waals surface area (Å²) in [6, 6.07) is 10.7. The van der Waals surface area contributed by atoms with Crippen LogP contribution in [0.4, 0.5) is 0 Å². The Hall–Kier alpha value is -1.88. The summed E-state index contributed by atoms with van der Waals surface area (Å²) in [6.45, 7) is 3.84. The Balaban J connectivity index is 1.56. The number of thiazole rings is 1. The largest absolute Gasteiger partial charge is 0.356 e. The number of aryl methyl sites for hydroxylation is 2. The number of guanidine groups is 1. The molecule has 0 spiro atoms. The Morgan fingerprint density at radius 3 is 2.67 bits per heavy atom. The highest BCUT2D eigenvalue weighted by Gasteiger charge is 2.02. The van der Waals surface area contributed by atoms with Gasteiger partial charge in [-0.05, 0) is 31.2 Å². The van der Waals surface area contributed by atoms with Crippen LogP contribution in [0.1, 0.15) is 41.6 Å². The molecule has 1 aromatic carbocycles. The number of hydrogen-bond donors (Lipinski definition) is 2. The lowest BCUT2D eigenvalue weighted by Gasteiger charge is -2.10. The topological polar surface area (TPSA) is 49.3 Å². The lowest BCUT2D eigenvalue weighted by molar-refractivity contribution is 0.655. The van der Waals surface area contributed by atoms with Crippen LogP contribution in [0, 0.1) is 0 Å². The van der Waals surface area contributed by atoms with E-state index in [1.165, 1.54) is 23.3 Å². The van der Waals surface area contributed by atoms with Crippen molar-refractivity contribution >= 4 is 17.3 Å². The molecule has 0 atom stereocenters. The van der Waals surface area contributed by atoms with Crippen molar-refractivity contribution in [1.82, 2.24) is 15.6 Å². The minimum atomic E-state index is 0.734. The van der Waals surface area contributed by atoms with Gasteiger partial charge in [0.1, 0.15) is 5.01 Å². The van der Waals surface area contributed by atoms with E-state index in [-0.39, 0.29) is 0 Å². The van der Waals surface area contributed by atoms with E-state index >= 15 is 0 Å². The number of rotatable bonds is 9. The average Bonchev–Trinajstić information content (AvgIpc) is 3.09. The number of benzene rings is 1. The molecule has 0 aliphatic rings. The average molecular weight is 345 g/mol. The first-order valence-corrected chi connectivity index (χ1v) is 9.55. The molecular formula is C19H28N4S. The van der Waals surface area contributed by atoms with Crippen LogP contribution in [0.25, 0.3) is 0 Å². The van der Waals surface area contributed by atoms with Gasteiger partial charge in [-0.25, -0.2) is 4.98 Å². The minimum absolute atomic E-state index is 0.734. The van der Waals surface area contributed by atoms with Gasteiger partial charge in [-0.1, -0.05) is 43.7 Å². The van der Waals surface area contributed by atoms with E-state index in [4.69, 9.17) is 0 Å². The van der Waals surface area contributed by atoms with Crippen LogP contribution < -0.4 is 10.6 Å². The van der Waals surface area contributed by atoms with Crippen molar-refractivity contribution in [2.24, 2.45) is 4.99 Å². The van der Waals surface area contributed by atoms with Crippen molar-refractivity contribution in [2.45, 2.75) is 45.6 Å². The maximum absolute atomic E-state index is 4.42. The van der Waals surface area contributed by atoms with E-state index in [0.717, 1.165) is 43.3 Å². The summed E-state index contributed by atoms with van der Waals surface area (Å²) in [7, 11) is 1.81. The second-order valence-electron chi connectivity index (χ2n) is 5.72. The molecule has 2 N–H and O–H groups in total. The summed E-state index contributed by atoms with van der Waals surface area (Å²) in [6.07, 6.45) is 7.79. The van der Waals surface area contributed by atoms with Gasteiger partial charge in [-0.3, -0.25) is 4.99 Å². The van der Waals surface area contributed by atoms with E-state index < -0.39 is 0 Å². The third-order valence-corrected chi connectivity index (χ3v) is 5.00. The summed E-state index contributed by atoms with van der Waals surface area (Å²) in [5.41, 5.74) is 1.43. The van der Waals surface area contributed by atoms with Gasteiger partial charge in [0.15, 0.2) is 5.96 Å². The molecule has 0 amide bonds. The third kappa shape index (κ3) is 6.71. The Kier molecular flexibility index (Phi) is 8.32. The predicted molar refractivity (Wildman–Crippen MR) is 104 cm³/mol. The molecule has 2 aromatic rings. The predicted octanol–water partition coefficient (Wildman–Crippen LogP) is 3.78. The Bertz CT molecular complexity index is 607. The van der Waals surface area contributed by atoms with Crippen LogP contribution in [0.5, 0.6) is 0 Å². The molecule has 0 aliphatic carbocycles. The minimum Gasteiger partial charge on any atom is -0.356 e. The molecule has 0 radical (unpaired) electrons. The molecule has 0 saturated carbocycles. The molecule has 4 nitrogen and oxygen atoms in total.